The van der Waals surface area contributed by atoms with Crippen molar-refractivity contribution in [1.82, 2.24) is 0 Å². The van der Waals surface area contributed by atoms with Crippen molar-refractivity contribution in [3.63, 3.8) is 0 Å². The van der Waals surface area contributed by atoms with Gasteiger partial charge in [0.15, 0.2) is 0 Å². The third-order valence-electron chi connectivity index (χ3n) is 6.37. The summed E-state index contributed by atoms with van der Waals surface area (Å²) in [6.07, 6.45) is 7.55. The number of halogens is 3. The Bertz CT molecular complexity index is 881. The van der Waals surface area contributed by atoms with Crippen LogP contribution in [-0.2, 0) is 12.5 Å². The van der Waals surface area contributed by atoms with E-state index in [1.807, 2.05) is 0 Å². The van der Waals surface area contributed by atoms with Gasteiger partial charge in [0.2, 0.25) is 0 Å². The standard InChI is InChI=1S/C26H30F3NO/c1-2-3-4-19-5-7-20(8-6-19)9-10-21-11-14-23(15-12-21)26(28,29)31-24-16-13-22(18-30)25(27)17-24/h11-17,19-20H,2-10H2,1H3/t19-,20-. The summed E-state index contributed by atoms with van der Waals surface area (Å²) in [5.41, 5.74) is 0.545. The molecule has 0 N–H and O–H groups in total. The molecule has 1 aliphatic carbocycles. The number of nitriles is 1. The predicted molar refractivity (Wildman–Crippen MR) is 115 cm³/mol. The molecule has 31 heavy (non-hydrogen) atoms. The van der Waals surface area contributed by atoms with E-state index in [0.717, 1.165) is 42.4 Å². The SMILES string of the molecule is CCCC[C@H]1CC[C@H](CCc2ccc(C(F)(F)Oc3ccc(C#N)c(F)c3)cc2)CC1. The Morgan fingerprint density at radius 1 is 1.00 bits per heavy atom. The fourth-order valence-electron chi connectivity index (χ4n) is 4.39. The number of rotatable bonds is 9. The molecule has 0 saturated heterocycles. The second-order valence-corrected chi connectivity index (χ2v) is 8.64. The fourth-order valence-corrected chi connectivity index (χ4v) is 4.39. The van der Waals surface area contributed by atoms with Gasteiger partial charge in [0, 0.05) is 6.07 Å². The number of unbranched alkanes of at least 4 members (excludes halogenated alkanes) is 1. The largest absolute Gasteiger partial charge is 0.429 e. The molecular formula is C26H30F3NO. The molecule has 0 aromatic heterocycles. The molecule has 1 fully saturated rings. The number of benzene rings is 2. The first-order valence-electron chi connectivity index (χ1n) is 11.3. The lowest BCUT2D eigenvalue weighted by atomic mass is 9.78. The number of nitrogens with zero attached hydrogens (tertiary/aromatic N) is 1. The molecule has 0 spiro atoms. The molecule has 2 nitrogen and oxygen atoms in total. The van der Waals surface area contributed by atoms with Crippen molar-refractivity contribution in [3.8, 4) is 11.8 Å². The first kappa shape index (κ1) is 23.2. The van der Waals surface area contributed by atoms with Gasteiger partial charge < -0.3 is 4.74 Å². The third kappa shape index (κ3) is 6.50. The minimum atomic E-state index is -3.59. The molecule has 2 aromatic carbocycles. The molecule has 5 heteroatoms. The van der Waals surface area contributed by atoms with Gasteiger partial charge in [-0.05, 0) is 54.5 Å². The molecule has 0 amide bonds. The summed E-state index contributed by atoms with van der Waals surface area (Å²) in [4.78, 5) is 0. The van der Waals surface area contributed by atoms with Crippen LogP contribution in [0.4, 0.5) is 13.2 Å². The Morgan fingerprint density at radius 2 is 1.65 bits per heavy atom. The Kier molecular flexibility index (Phi) is 8.01. The normalized spacial score (nSPS) is 19.1. The van der Waals surface area contributed by atoms with Crippen LogP contribution in [0.3, 0.4) is 0 Å². The third-order valence-corrected chi connectivity index (χ3v) is 6.37. The van der Waals surface area contributed by atoms with Crippen molar-refractivity contribution < 1.29 is 17.9 Å². The number of ether oxygens (including phenoxy) is 1. The number of alkyl halides is 2. The molecule has 0 aliphatic heterocycles. The summed E-state index contributed by atoms with van der Waals surface area (Å²) >= 11 is 0. The Hall–Kier alpha value is -2.48. The molecule has 0 unspecified atom stereocenters. The summed E-state index contributed by atoms with van der Waals surface area (Å²) in [5, 5.41) is 8.74. The van der Waals surface area contributed by atoms with Crippen molar-refractivity contribution >= 4 is 0 Å². The van der Waals surface area contributed by atoms with E-state index in [0.29, 0.717) is 0 Å². The monoisotopic (exact) mass is 429 g/mol. The van der Waals surface area contributed by atoms with E-state index < -0.39 is 11.9 Å². The van der Waals surface area contributed by atoms with E-state index in [-0.39, 0.29) is 16.9 Å². The minimum Gasteiger partial charge on any atom is -0.429 e. The molecule has 0 bridgehead atoms. The van der Waals surface area contributed by atoms with Gasteiger partial charge in [-0.2, -0.15) is 14.0 Å². The zero-order valence-corrected chi connectivity index (χ0v) is 18.0. The van der Waals surface area contributed by atoms with Crippen LogP contribution < -0.4 is 4.74 Å². The molecule has 3 rings (SSSR count). The average molecular weight is 430 g/mol. The maximum Gasteiger partial charge on any atom is 0.426 e. The van der Waals surface area contributed by atoms with Gasteiger partial charge in [-0.1, -0.05) is 64.0 Å². The highest BCUT2D eigenvalue weighted by atomic mass is 19.3. The fraction of sp³-hybridized carbons (Fsp3) is 0.500. The molecule has 1 saturated carbocycles. The highest BCUT2D eigenvalue weighted by molar-refractivity contribution is 5.37. The Morgan fingerprint density at radius 3 is 2.23 bits per heavy atom. The number of hydrogen-bond donors (Lipinski definition) is 0. The average Bonchev–Trinajstić information content (AvgIpc) is 2.77. The van der Waals surface area contributed by atoms with Crippen LogP contribution in [0.5, 0.6) is 5.75 Å². The van der Waals surface area contributed by atoms with Gasteiger partial charge in [0.05, 0.1) is 11.1 Å². The lowest BCUT2D eigenvalue weighted by Gasteiger charge is -2.28. The van der Waals surface area contributed by atoms with Gasteiger partial charge in [0.25, 0.3) is 0 Å². The van der Waals surface area contributed by atoms with Crippen molar-refractivity contribution in [1.29, 1.82) is 5.26 Å². The zero-order valence-electron chi connectivity index (χ0n) is 18.0. The van der Waals surface area contributed by atoms with E-state index in [1.165, 1.54) is 63.1 Å². The predicted octanol–water partition coefficient (Wildman–Crippen LogP) is 7.75. The smallest absolute Gasteiger partial charge is 0.426 e. The highest BCUT2D eigenvalue weighted by Crippen LogP contribution is 2.35. The molecule has 166 valence electrons. The number of aryl methyl sites for hydroxylation is 1. The van der Waals surface area contributed by atoms with Crippen molar-refractivity contribution in [2.24, 2.45) is 11.8 Å². The maximum absolute atomic E-state index is 14.5. The van der Waals surface area contributed by atoms with Crippen LogP contribution in [0.2, 0.25) is 0 Å². The van der Waals surface area contributed by atoms with Gasteiger partial charge in [0.1, 0.15) is 17.6 Å². The summed E-state index contributed by atoms with van der Waals surface area (Å²) < 4.78 is 47.3. The molecule has 0 heterocycles. The van der Waals surface area contributed by atoms with Crippen molar-refractivity contribution in [2.45, 2.75) is 70.8 Å². The van der Waals surface area contributed by atoms with Crippen LogP contribution in [-0.4, -0.2) is 0 Å². The molecule has 2 aromatic rings. The van der Waals surface area contributed by atoms with Gasteiger partial charge in [-0.25, -0.2) is 4.39 Å². The van der Waals surface area contributed by atoms with E-state index in [1.54, 1.807) is 18.2 Å². The molecule has 0 radical (unpaired) electrons. The summed E-state index contributed by atoms with van der Waals surface area (Å²) in [6, 6.07) is 10.9. The number of hydrogen-bond acceptors (Lipinski definition) is 2. The maximum atomic E-state index is 14.5. The molecule has 0 atom stereocenters. The first-order valence-corrected chi connectivity index (χ1v) is 11.3. The summed E-state index contributed by atoms with van der Waals surface area (Å²) in [6.45, 7) is 2.24. The van der Waals surface area contributed by atoms with E-state index in [9.17, 15) is 13.2 Å². The highest BCUT2D eigenvalue weighted by Gasteiger charge is 2.34. The quantitative estimate of drug-likeness (QED) is 0.408. The van der Waals surface area contributed by atoms with E-state index in [4.69, 9.17) is 10.00 Å². The summed E-state index contributed by atoms with van der Waals surface area (Å²) in [7, 11) is 0. The lowest BCUT2D eigenvalue weighted by molar-refractivity contribution is -0.185. The van der Waals surface area contributed by atoms with E-state index in [2.05, 4.69) is 6.92 Å². The molecular weight excluding hydrogens is 399 g/mol. The van der Waals surface area contributed by atoms with Crippen molar-refractivity contribution in [2.75, 3.05) is 0 Å². The second-order valence-electron chi connectivity index (χ2n) is 8.64. The lowest BCUT2D eigenvalue weighted by Crippen LogP contribution is -2.22. The Balaban J connectivity index is 1.51. The van der Waals surface area contributed by atoms with Crippen LogP contribution in [0, 0.1) is 29.0 Å². The molecule has 1 aliphatic rings. The topological polar surface area (TPSA) is 33.0 Å². The second kappa shape index (κ2) is 10.7. The summed E-state index contributed by atoms with van der Waals surface area (Å²) in [5.74, 6) is 0.418. The Labute approximate surface area is 183 Å². The van der Waals surface area contributed by atoms with Gasteiger partial charge in [-0.15, -0.1) is 0 Å². The zero-order chi connectivity index (χ0) is 22.3. The van der Waals surface area contributed by atoms with Crippen LogP contribution >= 0.6 is 0 Å². The van der Waals surface area contributed by atoms with Gasteiger partial charge in [-0.3, -0.25) is 0 Å². The first-order chi connectivity index (χ1) is 14.9. The van der Waals surface area contributed by atoms with Crippen LogP contribution in [0.1, 0.15) is 75.0 Å². The van der Waals surface area contributed by atoms with Crippen LogP contribution in [0.25, 0.3) is 0 Å². The minimum absolute atomic E-state index is 0.213. The van der Waals surface area contributed by atoms with Gasteiger partial charge >= 0.3 is 6.11 Å². The van der Waals surface area contributed by atoms with E-state index >= 15 is 0 Å². The van der Waals surface area contributed by atoms with Crippen LogP contribution in [0.15, 0.2) is 42.5 Å². The van der Waals surface area contributed by atoms with Crippen molar-refractivity contribution in [3.05, 3.63) is 65.0 Å².